The van der Waals surface area contributed by atoms with Gasteiger partial charge in [0.05, 0.1) is 6.04 Å². The first kappa shape index (κ1) is 11.5. The summed E-state index contributed by atoms with van der Waals surface area (Å²) in [7, 11) is 0. The van der Waals surface area contributed by atoms with Gasteiger partial charge in [0.25, 0.3) is 0 Å². The first-order valence-electron chi connectivity index (χ1n) is 5.48. The summed E-state index contributed by atoms with van der Waals surface area (Å²) in [5.41, 5.74) is 0.231. The average molecular weight is 198 g/mol. The summed E-state index contributed by atoms with van der Waals surface area (Å²) in [4.78, 5) is 11.6. The predicted molar refractivity (Wildman–Crippen MR) is 58.1 cm³/mol. The van der Waals surface area contributed by atoms with Crippen LogP contribution in [0.4, 0.5) is 0 Å². The fraction of sp³-hybridized carbons (Fsp3) is 0.909. The standard InChI is InChI=1S/C11H22N2O/c1-8(2)7-12-10(14)9(3)13-11(4)5-6-11/h8-9,13H,5-7H2,1-4H3,(H,12,14). The van der Waals surface area contributed by atoms with Gasteiger partial charge in [0.1, 0.15) is 0 Å². The molecule has 3 heteroatoms. The van der Waals surface area contributed by atoms with Crippen LogP contribution >= 0.6 is 0 Å². The largest absolute Gasteiger partial charge is 0.354 e. The van der Waals surface area contributed by atoms with Crippen LogP contribution in [0.15, 0.2) is 0 Å². The van der Waals surface area contributed by atoms with Gasteiger partial charge in [-0.15, -0.1) is 0 Å². The molecule has 0 saturated heterocycles. The van der Waals surface area contributed by atoms with Crippen LogP contribution in [0.1, 0.15) is 40.5 Å². The normalized spacial score (nSPS) is 20.6. The average Bonchev–Trinajstić information content (AvgIpc) is 2.78. The number of carbonyl (C=O) groups is 1. The molecule has 82 valence electrons. The van der Waals surface area contributed by atoms with Crippen LogP contribution in [0.2, 0.25) is 0 Å². The van der Waals surface area contributed by atoms with Gasteiger partial charge >= 0.3 is 0 Å². The first-order chi connectivity index (χ1) is 6.43. The van der Waals surface area contributed by atoms with Crippen molar-refractivity contribution in [1.82, 2.24) is 10.6 Å². The minimum Gasteiger partial charge on any atom is -0.354 e. The van der Waals surface area contributed by atoms with Crippen LogP contribution in [0.3, 0.4) is 0 Å². The number of hydrogen-bond acceptors (Lipinski definition) is 2. The maximum atomic E-state index is 11.6. The first-order valence-corrected chi connectivity index (χ1v) is 5.48. The molecule has 2 N–H and O–H groups in total. The molecular weight excluding hydrogens is 176 g/mol. The fourth-order valence-electron chi connectivity index (χ4n) is 1.38. The van der Waals surface area contributed by atoms with E-state index >= 15 is 0 Å². The topological polar surface area (TPSA) is 41.1 Å². The summed E-state index contributed by atoms with van der Waals surface area (Å²) in [5.74, 6) is 0.634. The Morgan fingerprint density at radius 1 is 1.36 bits per heavy atom. The van der Waals surface area contributed by atoms with Gasteiger partial charge < -0.3 is 10.6 Å². The third kappa shape index (κ3) is 3.66. The van der Waals surface area contributed by atoms with E-state index in [1.165, 1.54) is 12.8 Å². The van der Waals surface area contributed by atoms with Crippen LogP contribution in [0, 0.1) is 5.92 Å². The van der Waals surface area contributed by atoms with E-state index in [4.69, 9.17) is 0 Å². The van der Waals surface area contributed by atoms with E-state index in [1.54, 1.807) is 0 Å². The molecular formula is C11H22N2O. The highest BCUT2D eigenvalue weighted by atomic mass is 16.2. The number of nitrogens with one attached hydrogen (secondary N) is 2. The Labute approximate surface area is 86.6 Å². The fourth-order valence-corrected chi connectivity index (χ4v) is 1.38. The Hall–Kier alpha value is -0.570. The van der Waals surface area contributed by atoms with E-state index in [9.17, 15) is 4.79 Å². The second-order valence-corrected chi connectivity index (χ2v) is 5.07. The molecule has 0 spiro atoms. The summed E-state index contributed by atoms with van der Waals surface area (Å²) in [5, 5.41) is 6.27. The van der Waals surface area contributed by atoms with Gasteiger partial charge in [-0.1, -0.05) is 13.8 Å². The lowest BCUT2D eigenvalue weighted by molar-refractivity contribution is -0.123. The minimum absolute atomic E-state index is 0.0683. The van der Waals surface area contributed by atoms with Gasteiger partial charge in [-0.2, -0.15) is 0 Å². The molecule has 0 radical (unpaired) electrons. The second-order valence-electron chi connectivity index (χ2n) is 5.07. The zero-order chi connectivity index (χ0) is 10.8. The third-order valence-corrected chi connectivity index (χ3v) is 2.64. The van der Waals surface area contributed by atoms with Crippen LogP contribution in [-0.4, -0.2) is 24.0 Å². The van der Waals surface area contributed by atoms with E-state index in [2.05, 4.69) is 31.4 Å². The Morgan fingerprint density at radius 3 is 2.36 bits per heavy atom. The van der Waals surface area contributed by atoms with Gasteiger partial charge in [-0.3, -0.25) is 4.79 Å². The highest BCUT2D eigenvalue weighted by Gasteiger charge is 2.39. The van der Waals surface area contributed by atoms with Gasteiger partial charge in [0.2, 0.25) is 5.91 Å². The van der Waals surface area contributed by atoms with Crippen molar-refractivity contribution >= 4 is 5.91 Å². The summed E-state index contributed by atoms with van der Waals surface area (Å²) < 4.78 is 0. The highest BCUT2D eigenvalue weighted by Crippen LogP contribution is 2.34. The van der Waals surface area contributed by atoms with E-state index < -0.39 is 0 Å². The van der Waals surface area contributed by atoms with Crippen molar-refractivity contribution in [2.24, 2.45) is 5.92 Å². The van der Waals surface area contributed by atoms with E-state index in [1.807, 2.05) is 6.92 Å². The van der Waals surface area contributed by atoms with Gasteiger partial charge in [0.15, 0.2) is 0 Å². The molecule has 0 aromatic carbocycles. The lowest BCUT2D eigenvalue weighted by atomic mass is 10.2. The van der Waals surface area contributed by atoms with Crippen molar-refractivity contribution in [3.8, 4) is 0 Å². The molecule has 1 aliphatic rings. The van der Waals surface area contributed by atoms with Crippen molar-refractivity contribution in [3.05, 3.63) is 0 Å². The molecule has 0 aliphatic heterocycles. The summed E-state index contributed by atoms with van der Waals surface area (Å²) >= 11 is 0. The molecule has 0 aromatic rings. The Kier molecular flexibility index (Phi) is 3.53. The molecule has 1 aliphatic carbocycles. The molecule has 1 amide bonds. The molecule has 1 unspecified atom stereocenters. The van der Waals surface area contributed by atoms with Crippen LogP contribution in [0.5, 0.6) is 0 Å². The summed E-state index contributed by atoms with van der Waals surface area (Å²) in [6.07, 6.45) is 2.38. The molecule has 1 fully saturated rings. The lowest BCUT2D eigenvalue weighted by Crippen LogP contribution is -2.47. The smallest absolute Gasteiger partial charge is 0.236 e. The quantitative estimate of drug-likeness (QED) is 0.699. The molecule has 1 atom stereocenters. The second kappa shape index (κ2) is 4.30. The summed E-state index contributed by atoms with van der Waals surface area (Å²) in [6, 6.07) is -0.0683. The molecule has 1 saturated carbocycles. The molecule has 14 heavy (non-hydrogen) atoms. The zero-order valence-corrected chi connectivity index (χ0v) is 9.68. The van der Waals surface area contributed by atoms with Crippen LogP contribution in [0.25, 0.3) is 0 Å². The van der Waals surface area contributed by atoms with Crippen molar-refractivity contribution < 1.29 is 4.79 Å². The highest BCUT2D eigenvalue weighted by molar-refractivity contribution is 5.81. The van der Waals surface area contributed by atoms with Crippen LogP contribution in [-0.2, 0) is 4.79 Å². The Morgan fingerprint density at radius 2 is 1.93 bits per heavy atom. The summed E-state index contributed by atoms with van der Waals surface area (Å²) in [6.45, 7) is 9.06. The molecule has 0 aromatic heterocycles. The van der Waals surface area contributed by atoms with E-state index in [0.29, 0.717) is 5.92 Å². The number of hydrogen-bond donors (Lipinski definition) is 2. The Balaban J connectivity index is 2.22. The number of rotatable bonds is 5. The van der Waals surface area contributed by atoms with Crippen LogP contribution < -0.4 is 10.6 Å². The van der Waals surface area contributed by atoms with E-state index in [0.717, 1.165) is 6.54 Å². The van der Waals surface area contributed by atoms with Crippen molar-refractivity contribution in [3.63, 3.8) is 0 Å². The van der Waals surface area contributed by atoms with Gasteiger partial charge in [-0.25, -0.2) is 0 Å². The predicted octanol–water partition coefficient (Wildman–Crippen LogP) is 1.29. The van der Waals surface area contributed by atoms with Crippen molar-refractivity contribution in [2.75, 3.05) is 6.54 Å². The van der Waals surface area contributed by atoms with E-state index in [-0.39, 0.29) is 17.5 Å². The van der Waals surface area contributed by atoms with Crippen molar-refractivity contribution in [2.45, 2.75) is 52.1 Å². The number of carbonyl (C=O) groups excluding carboxylic acids is 1. The molecule has 0 bridgehead atoms. The van der Waals surface area contributed by atoms with Crippen molar-refractivity contribution in [1.29, 1.82) is 0 Å². The van der Waals surface area contributed by atoms with Gasteiger partial charge in [-0.05, 0) is 32.6 Å². The zero-order valence-electron chi connectivity index (χ0n) is 9.68. The minimum atomic E-state index is -0.0683. The van der Waals surface area contributed by atoms with Gasteiger partial charge in [0, 0.05) is 12.1 Å². The number of amides is 1. The lowest BCUT2D eigenvalue weighted by Gasteiger charge is -2.19. The molecule has 1 rings (SSSR count). The maximum absolute atomic E-state index is 11.6. The maximum Gasteiger partial charge on any atom is 0.236 e. The molecule has 0 heterocycles. The Bertz CT molecular complexity index is 209. The monoisotopic (exact) mass is 198 g/mol. The SMILES string of the molecule is CC(C)CNC(=O)C(C)NC1(C)CC1. The third-order valence-electron chi connectivity index (χ3n) is 2.64. The molecule has 3 nitrogen and oxygen atoms in total.